The summed E-state index contributed by atoms with van der Waals surface area (Å²) in [4.78, 5) is 5.71. The van der Waals surface area contributed by atoms with E-state index < -0.39 is 0 Å². The van der Waals surface area contributed by atoms with Crippen molar-refractivity contribution in [3.63, 3.8) is 0 Å². The lowest BCUT2D eigenvalue weighted by Gasteiger charge is -2.21. The molecule has 0 saturated heterocycles. The zero-order valence-corrected chi connectivity index (χ0v) is 34.3. The summed E-state index contributed by atoms with van der Waals surface area (Å²) < 4.78 is 8.97. The maximum absolute atomic E-state index is 6.36. The predicted octanol–water partition coefficient (Wildman–Crippen LogP) is 15.7. The first kappa shape index (κ1) is 36.3. The fourth-order valence-corrected chi connectivity index (χ4v) is 10.6. The number of hydrogen-bond acceptors (Lipinski definition) is 3. The number of thiophene rings is 1. The van der Waals surface area contributed by atoms with Gasteiger partial charge in [-0.05, 0) is 123 Å². The number of ether oxygens (including phenoxy) is 1. The predicted molar refractivity (Wildman–Crippen MR) is 253 cm³/mol. The summed E-state index contributed by atoms with van der Waals surface area (Å²) in [7, 11) is 0. The summed E-state index contributed by atoms with van der Waals surface area (Å²) in [5.74, 6) is 2.34. The van der Waals surface area contributed by atoms with Crippen LogP contribution >= 0.6 is 11.3 Å². The highest BCUT2D eigenvalue weighted by atomic mass is 32.1. The Morgan fingerprint density at radius 2 is 0.933 bits per heavy atom. The molecule has 3 atom stereocenters. The Kier molecular flexibility index (Phi) is 9.13. The van der Waals surface area contributed by atoms with Gasteiger partial charge >= 0.3 is 0 Å². The lowest BCUT2D eigenvalue weighted by atomic mass is 9.90. The standard InChI is InChI=1S/C57H43NOS/c1-38-56-50(43-14-7-3-8-15-43)18-11-19-53(44-16-9-4-10-17-44)58-57(38,56)47-28-20-40(21-29-47)41-22-30-48(31-23-41)59-49-32-24-42(25-33-49)46-27-35-55-52(37-46)51-36-45(26-34-54(51)60-55)39-12-5-2-6-13-39/h2-10,12-18,20-38,56H,11,19H2,1H3/b50-18-,58-53+. The maximum atomic E-state index is 6.36. The van der Waals surface area contributed by atoms with Crippen LogP contribution in [-0.4, -0.2) is 5.71 Å². The average Bonchev–Trinajstić information content (AvgIpc) is 3.69. The molecular formula is C57H43NOS. The Morgan fingerprint density at radius 3 is 1.48 bits per heavy atom. The van der Waals surface area contributed by atoms with Gasteiger partial charge in [0.2, 0.25) is 0 Å². The third-order valence-corrected chi connectivity index (χ3v) is 13.9. The number of fused-ring (bicyclic) bond motifs is 4. The van der Waals surface area contributed by atoms with E-state index in [2.05, 4.69) is 213 Å². The molecule has 9 aromatic rings. The SMILES string of the molecule is CC1C2/C(c3ccccc3)=C\CC/C(c3ccccc3)=N\C12c1ccc(-c2ccc(Oc3ccc(-c4ccc5sc6ccc(-c7ccccc7)cc6c5c4)cc3)cc2)cc1. The molecule has 288 valence electrons. The van der Waals surface area contributed by atoms with Gasteiger partial charge in [-0.25, -0.2) is 0 Å². The van der Waals surface area contributed by atoms with Crippen LogP contribution in [0, 0.1) is 11.8 Å². The van der Waals surface area contributed by atoms with Crippen LogP contribution in [0.15, 0.2) is 211 Å². The van der Waals surface area contributed by atoms with E-state index in [9.17, 15) is 0 Å². The number of nitrogens with zero attached hydrogens (tertiary/aromatic N) is 1. The summed E-state index contributed by atoms with van der Waals surface area (Å²) >= 11 is 1.85. The zero-order valence-electron chi connectivity index (χ0n) is 33.5. The minimum Gasteiger partial charge on any atom is -0.457 e. The molecule has 1 aliphatic heterocycles. The van der Waals surface area contributed by atoms with E-state index >= 15 is 0 Å². The van der Waals surface area contributed by atoms with Crippen molar-refractivity contribution >= 4 is 42.8 Å². The van der Waals surface area contributed by atoms with Gasteiger partial charge in [-0.15, -0.1) is 11.3 Å². The number of benzene rings is 8. The molecule has 8 aromatic carbocycles. The second-order valence-electron chi connectivity index (χ2n) is 16.2. The topological polar surface area (TPSA) is 21.6 Å². The van der Waals surface area contributed by atoms with Crippen LogP contribution in [0.2, 0.25) is 0 Å². The first-order chi connectivity index (χ1) is 29.6. The molecule has 2 nitrogen and oxygen atoms in total. The van der Waals surface area contributed by atoms with Crippen molar-refractivity contribution in [1.82, 2.24) is 0 Å². The first-order valence-electron chi connectivity index (χ1n) is 21.0. The van der Waals surface area contributed by atoms with Gasteiger partial charge < -0.3 is 4.74 Å². The van der Waals surface area contributed by atoms with E-state index in [4.69, 9.17) is 9.73 Å². The largest absolute Gasteiger partial charge is 0.457 e. The summed E-state index contributed by atoms with van der Waals surface area (Å²) in [6, 6.07) is 72.0. The van der Waals surface area contributed by atoms with E-state index in [0.29, 0.717) is 11.8 Å². The van der Waals surface area contributed by atoms with Crippen LogP contribution in [0.4, 0.5) is 0 Å². The highest BCUT2D eigenvalue weighted by Crippen LogP contribution is 2.66. The maximum Gasteiger partial charge on any atom is 0.127 e. The van der Waals surface area contributed by atoms with E-state index in [1.807, 2.05) is 11.3 Å². The number of aliphatic imine (C=N–C) groups is 1. The third-order valence-electron chi connectivity index (χ3n) is 12.7. The van der Waals surface area contributed by atoms with E-state index in [1.54, 1.807) is 0 Å². The van der Waals surface area contributed by atoms with Crippen LogP contribution in [0.25, 0.3) is 59.1 Å². The Balaban J connectivity index is 0.818. The normalized spacial score (nSPS) is 20.3. The minimum absolute atomic E-state index is 0.295. The third kappa shape index (κ3) is 6.56. The van der Waals surface area contributed by atoms with Crippen molar-refractivity contribution in [3.8, 4) is 44.9 Å². The number of rotatable bonds is 8. The Morgan fingerprint density at radius 1 is 0.483 bits per heavy atom. The fourth-order valence-electron chi connectivity index (χ4n) is 9.53. The minimum atomic E-state index is -0.295. The van der Waals surface area contributed by atoms with Gasteiger partial charge in [-0.3, -0.25) is 4.99 Å². The van der Waals surface area contributed by atoms with Crippen LogP contribution in [0.5, 0.6) is 11.5 Å². The molecule has 0 spiro atoms. The molecule has 1 fully saturated rings. The molecular weight excluding hydrogens is 747 g/mol. The summed E-state index contributed by atoms with van der Waals surface area (Å²) in [6.07, 6.45) is 4.40. The highest BCUT2D eigenvalue weighted by molar-refractivity contribution is 7.25. The van der Waals surface area contributed by atoms with Crippen LogP contribution in [0.3, 0.4) is 0 Å². The molecule has 2 aliphatic rings. The van der Waals surface area contributed by atoms with Crippen molar-refractivity contribution in [2.45, 2.75) is 25.3 Å². The van der Waals surface area contributed by atoms with Crippen LogP contribution < -0.4 is 4.74 Å². The lowest BCUT2D eigenvalue weighted by molar-refractivity contribution is 0.483. The van der Waals surface area contributed by atoms with Crippen molar-refractivity contribution in [2.75, 3.05) is 0 Å². The van der Waals surface area contributed by atoms with Crippen LogP contribution in [0.1, 0.15) is 36.5 Å². The molecule has 0 bridgehead atoms. The van der Waals surface area contributed by atoms with E-state index in [0.717, 1.165) is 29.9 Å². The summed E-state index contributed by atoms with van der Waals surface area (Å²) in [5, 5.41) is 2.60. The second-order valence-corrected chi connectivity index (χ2v) is 17.3. The van der Waals surface area contributed by atoms with Gasteiger partial charge in [-0.2, -0.15) is 0 Å². The smallest absolute Gasteiger partial charge is 0.127 e. The zero-order chi connectivity index (χ0) is 40.0. The molecule has 1 aromatic heterocycles. The molecule has 1 aliphatic carbocycles. The van der Waals surface area contributed by atoms with Crippen molar-refractivity contribution in [2.24, 2.45) is 16.8 Å². The lowest BCUT2D eigenvalue weighted by Crippen LogP contribution is -2.16. The molecule has 0 N–H and O–H groups in total. The van der Waals surface area contributed by atoms with Gasteiger partial charge in [0, 0.05) is 31.8 Å². The molecule has 3 unspecified atom stereocenters. The van der Waals surface area contributed by atoms with E-state index in [-0.39, 0.29) is 5.54 Å². The number of hydrogen-bond donors (Lipinski definition) is 0. The van der Waals surface area contributed by atoms with Crippen molar-refractivity contribution < 1.29 is 4.74 Å². The molecule has 0 amide bonds. The van der Waals surface area contributed by atoms with Gasteiger partial charge in [0.15, 0.2) is 0 Å². The molecule has 60 heavy (non-hydrogen) atoms. The van der Waals surface area contributed by atoms with E-state index in [1.165, 1.54) is 76.0 Å². The second kappa shape index (κ2) is 15.1. The summed E-state index contributed by atoms with van der Waals surface area (Å²) in [6.45, 7) is 2.38. The monoisotopic (exact) mass is 789 g/mol. The summed E-state index contributed by atoms with van der Waals surface area (Å²) in [5.41, 5.74) is 13.4. The first-order valence-corrected chi connectivity index (χ1v) is 21.8. The van der Waals surface area contributed by atoms with Gasteiger partial charge in [0.1, 0.15) is 11.5 Å². The quantitative estimate of drug-likeness (QED) is 0.150. The Bertz CT molecular complexity index is 3040. The van der Waals surface area contributed by atoms with Crippen LogP contribution in [-0.2, 0) is 5.54 Å². The van der Waals surface area contributed by atoms with Crippen molar-refractivity contribution in [3.05, 3.63) is 223 Å². The van der Waals surface area contributed by atoms with Gasteiger partial charge in [0.25, 0.3) is 0 Å². The molecule has 1 saturated carbocycles. The molecule has 3 heteroatoms. The molecule has 0 radical (unpaired) electrons. The number of allylic oxidation sites excluding steroid dienone is 1. The highest BCUT2D eigenvalue weighted by Gasteiger charge is 2.65. The van der Waals surface area contributed by atoms with Crippen molar-refractivity contribution in [1.29, 1.82) is 0 Å². The Labute approximate surface area is 355 Å². The molecule has 11 rings (SSSR count). The van der Waals surface area contributed by atoms with Gasteiger partial charge in [-0.1, -0.05) is 165 Å². The Hall–Kier alpha value is -6.81. The van der Waals surface area contributed by atoms with Gasteiger partial charge in [0.05, 0.1) is 5.54 Å². The average molecular weight is 790 g/mol. The molecule has 2 heterocycles. The fraction of sp³-hybridized carbons (Fsp3) is 0.105.